The van der Waals surface area contributed by atoms with Crippen molar-refractivity contribution in [3.05, 3.63) is 29.8 Å². The number of aromatic nitrogens is 2. The number of ether oxygens (including phenoxy) is 1. The quantitative estimate of drug-likeness (QED) is 0.637. The van der Waals surface area contributed by atoms with Crippen molar-refractivity contribution in [2.24, 2.45) is 0 Å². The molecule has 0 fully saturated rings. The van der Waals surface area contributed by atoms with E-state index in [9.17, 15) is 0 Å². The molecule has 0 amide bonds. The van der Waals surface area contributed by atoms with Crippen LogP contribution in [0, 0.1) is 0 Å². The molecule has 0 aliphatic carbocycles. The van der Waals surface area contributed by atoms with Gasteiger partial charge in [-0.05, 0) is 24.1 Å². The SMILES string of the molecule is COc1ccc(CCNc2nc(N)c(N)c(N)n2)cc1. The van der Waals surface area contributed by atoms with Crippen LogP contribution in [0.4, 0.5) is 23.3 Å². The summed E-state index contributed by atoms with van der Waals surface area (Å²) in [6, 6.07) is 7.86. The summed E-state index contributed by atoms with van der Waals surface area (Å²) in [5.41, 5.74) is 18.2. The first-order valence-electron chi connectivity index (χ1n) is 6.15. The van der Waals surface area contributed by atoms with E-state index >= 15 is 0 Å². The third kappa shape index (κ3) is 3.19. The highest BCUT2D eigenvalue weighted by Crippen LogP contribution is 2.19. The molecule has 7 N–H and O–H groups in total. The maximum absolute atomic E-state index is 5.63. The molecule has 0 unspecified atom stereocenters. The minimum Gasteiger partial charge on any atom is -0.497 e. The number of anilines is 4. The summed E-state index contributed by atoms with van der Waals surface area (Å²) in [4.78, 5) is 8.05. The van der Waals surface area contributed by atoms with Gasteiger partial charge in [0, 0.05) is 6.54 Å². The summed E-state index contributed by atoms with van der Waals surface area (Å²) < 4.78 is 5.11. The summed E-state index contributed by atoms with van der Waals surface area (Å²) in [6.07, 6.45) is 0.817. The zero-order chi connectivity index (χ0) is 14.5. The second-order valence-electron chi connectivity index (χ2n) is 4.26. The molecule has 0 saturated heterocycles. The van der Waals surface area contributed by atoms with Gasteiger partial charge in [-0.3, -0.25) is 0 Å². The van der Waals surface area contributed by atoms with Gasteiger partial charge in [0.05, 0.1) is 7.11 Å². The number of benzene rings is 1. The fourth-order valence-electron chi connectivity index (χ4n) is 1.69. The molecule has 1 heterocycles. The lowest BCUT2D eigenvalue weighted by Gasteiger charge is -2.08. The third-order valence-electron chi connectivity index (χ3n) is 2.86. The molecule has 0 aliphatic rings. The monoisotopic (exact) mass is 274 g/mol. The van der Waals surface area contributed by atoms with Crippen LogP contribution in [0.1, 0.15) is 5.56 Å². The summed E-state index contributed by atoms with van der Waals surface area (Å²) >= 11 is 0. The van der Waals surface area contributed by atoms with E-state index in [1.54, 1.807) is 7.11 Å². The molecule has 7 heteroatoms. The minimum atomic E-state index is 0.185. The van der Waals surface area contributed by atoms with Crippen molar-refractivity contribution in [1.82, 2.24) is 9.97 Å². The molecule has 0 bridgehead atoms. The van der Waals surface area contributed by atoms with Gasteiger partial charge < -0.3 is 27.3 Å². The van der Waals surface area contributed by atoms with E-state index in [1.807, 2.05) is 24.3 Å². The van der Waals surface area contributed by atoms with Crippen LogP contribution in [0.2, 0.25) is 0 Å². The van der Waals surface area contributed by atoms with E-state index in [4.69, 9.17) is 21.9 Å². The molecular weight excluding hydrogens is 256 g/mol. The number of hydrogen-bond donors (Lipinski definition) is 4. The molecule has 0 aliphatic heterocycles. The predicted molar refractivity (Wildman–Crippen MR) is 80.5 cm³/mol. The summed E-state index contributed by atoms with van der Waals surface area (Å²) in [5.74, 6) is 1.58. The first-order valence-corrected chi connectivity index (χ1v) is 6.15. The Labute approximate surface area is 117 Å². The van der Waals surface area contributed by atoms with Gasteiger partial charge in [-0.25, -0.2) is 0 Å². The largest absolute Gasteiger partial charge is 0.497 e. The maximum atomic E-state index is 5.63. The second kappa shape index (κ2) is 5.96. The van der Waals surface area contributed by atoms with Crippen molar-refractivity contribution < 1.29 is 4.74 Å². The molecule has 0 radical (unpaired) electrons. The first kappa shape index (κ1) is 13.7. The molecule has 1 aromatic heterocycles. The first-order chi connectivity index (χ1) is 9.60. The van der Waals surface area contributed by atoms with Crippen molar-refractivity contribution in [1.29, 1.82) is 0 Å². The molecule has 0 saturated carbocycles. The Kier molecular flexibility index (Phi) is 4.09. The highest BCUT2D eigenvalue weighted by molar-refractivity contribution is 5.72. The molecule has 106 valence electrons. The smallest absolute Gasteiger partial charge is 0.226 e. The van der Waals surface area contributed by atoms with Gasteiger partial charge in [0.1, 0.15) is 11.4 Å². The number of hydrogen-bond acceptors (Lipinski definition) is 7. The molecule has 2 aromatic rings. The topological polar surface area (TPSA) is 125 Å². The van der Waals surface area contributed by atoms with Crippen molar-refractivity contribution in [3.8, 4) is 5.75 Å². The van der Waals surface area contributed by atoms with Crippen molar-refractivity contribution in [2.45, 2.75) is 6.42 Å². The number of nitrogen functional groups attached to an aromatic ring is 3. The van der Waals surface area contributed by atoms with Gasteiger partial charge in [-0.1, -0.05) is 12.1 Å². The van der Waals surface area contributed by atoms with E-state index < -0.39 is 0 Å². The lowest BCUT2D eigenvalue weighted by Crippen LogP contribution is -2.12. The molecule has 7 nitrogen and oxygen atoms in total. The molecule has 1 aromatic carbocycles. The zero-order valence-corrected chi connectivity index (χ0v) is 11.3. The van der Waals surface area contributed by atoms with Crippen LogP contribution in [-0.2, 0) is 6.42 Å². The number of rotatable bonds is 5. The van der Waals surface area contributed by atoms with Gasteiger partial charge >= 0.3 is 0 Å². The number of nitrogens with one attached hydrogen (secondary N) is 1. The highest BCUT2D eigenvalue weighted by atomic mass is 16.5. The third-order valence-corrected chi connectivity index (χ3v) is 2.86. The fraction of sp³-hybridized carbons (Fsp3) is 0.231. The average Bonchev–Trinajstić information content (AvgIpc) is 2.45. The van der Waals surface area contributed by atoms with Crippen LogP contribution in [0.25, 0.3) is 0 Å². The lowest BCUT2D eigenvalue weighted by atomic mass is 10.1. The highest BCUT2D eigenvalue weighted by Gasteiger charge is 2.06. The Morgan fingerprint density at radius 2 is 1.65 bits per heavy atom. The number of methoxy groups -OCH3 is 1. The van der Waals surface area contributed by atoms with E-state index in [-0.39, 0.29) is 17.3 Å². The van der Waals surface area contributed by atoms with Gasteiger partial charge in [0.2, 0.25) is 5.95 Å². The predicted octanol–water partition coefficient (Wildman–Crippen LogP) is 0.886. The number of nitrogens with zero attached hydrogens (tertiary/aromatic N) is 2. The standard InChI is InChI=1S/C13H18N6O/c1-20-9-4-2-8(3-5-9)6-7-17-13-18-11(15)10(14)12(16)19-13/h2-5H,6-7,14H2,1H3,(H5,15,16,17,18,19). The Hall–Kier alpha value is -2.70. The summed E-state index contributed by atoms with van der Waals surface area (Å²) in [7, 11) is 1.64. The summed E-state index contributed by atoms with van der Waals surface area (Å²) in [5, 5.41) is 3.06. The normalized spacial score (nSPS) is 10.2. The Morgan fingerprint density at radius 3 is 2.20 bits per heavy atom. The molecule has 20 heavy (non-hydrogen) atoms. The van der Waals surface area contributed by atoms with Crippen LogP contribution in [0.15, 0.2) is 24.3 Å². The van der Waals surface area contributed by atoms with E-state index in [0.29, 0.717) is 12.5 Å². The van der Waals surface area contributed by atoms with Crippen LogP contribution >= 0.6 is 0 Å². The van der Waals surface area contributed by atoms with Gasteiger partial charge in [-0.15, -0.1) is 0 Å². The van der Waals surface area contributed by atoms with Crippen molar-refractivity contribution >= 4 is 23.3 Å². The maximum Gasteiger partial charge on any atom is 0.226 e. The van der Waals surface area contributed by atoms with Crippen LogP contribution in [-0.4, -0.2) is 23.6 Å². The van der Waals surface area contributed by atoms with Crippen LogP contribution in [0.3, 0.4) is 0 Å². The van der Waals surface area contributed by atoms with Gasteiger partial charge in [-0.2, -0.15) is 9.97 Å². The van der Waals surface area contributed by atoms with Crippen LogP contribution < -0.4 is 27.3 Å². The van der Waals surface area contributed by atoms with Crippen LogP contribution in [0.5, 0.6) is 5.75 Å². The van der Waals surface area contributed by atoms with Gasteiger partial charge in [0.15, 0.2) is 11.6 Å². The van der Waals surface area contributed by atoms with E-state index in [1.165, 1.54) is 5.56 Å². The van der Waals surface area contributed by atoms with Crippen molar-refractivity contribution in [3.63, 3.8) is 0 Å². The number of nitrogens with two attached hydrogens (primary N) is 3. The molecule has 0 atom stereocenters. The zero-order valence-electron chi connectivity index (χ0n) is 11.3. The molecular formula is C13H18N6O. The minimum absolute atomic E-state index is 0.185. The van der Waals surface area contributed by atoms with Gasteiger partial charge in [0.25, 0.3) is 0 Å². The second-order valence-corrected chi connectivity index (χ2v) is 4.26. The Bertz CT molecular complexity index is 561. The molecule has 2 rings (SSSR count). The lowest BCUT2D eigenvalue weighted by molar-refractivity contribution is 0.414. The van der Waals surface area contributed by atoms with E-state index in [2.05, 4.69) is 15.3 Å². The van der Waals surface area contributed by atoms with E-state index in [0.717, 1.165) is 12.2 Å². The Morgan fingerprint density at radius 1 is 1.05 bits per heavy atom. The van der Waals surface area contributed by atoms with Crippen molar-refractivity contribution in [2.75, 3.05) is 36.2 Å². The summed E-state index contributed by atoms with van der Waals surface area (Å²) in [6.45, 7) is 0.662. The fourth-order valence-corrected chi connectivity index (χ4v) is 1.69. The average molecular weight is 274 g/mol. The Balaban J connectivity index is 1.92. The molecule has 0 spiro atoms.